The van der Waals surface area contributed by atoms with Crippen LogP contribution in [0, 0.1) is 5.92 Å². The van der Waals surface area contributed by atoms with Crippen LogP contribution in [-0.2, 0) is 9.53 Å². The van der Waals surface area contributed by atoms with E-state index >= 15 is 0 Å². The molecule has 0 rings (SSSR count). The maximum absolute atomic E-state index is 11.0. The second-order valence-corrected chi connectivity index (χ2v) is 3.54. The smallest absolute Gasteiger partial charge is 0.336 e. The molecule has 0 aliphatic carbocycles. The van der Waals surface area contributed by atoms with Gasteiger partial charge in [-0.1, -0.05) is 20.3 Å². The molecule has 84 valence electrons. The molecule has 2 atom stereocenters. The van der Waals surface area contributed by atoms with Gasteiger partial charge in [-0.2, -0.15) is 0 Å². The Kier molecular flexibility index (Phi) is 5.72. The minimum Gasteiger partial charge on any atom is -0.479 e. The number of aliphatic carboxylic acids is 1. The Balaban J connectivity index is 4.66. The van der Waals surface area contributed by atoms with Crippen molar-refractivity contribution in [3.63, 3.8) is 0 Å². The predicted molar refractivity (Wildman–Crippen MR) is 53.2 cm³/mol. The first-order valence-corrected chi connectivity index (χ1v) is 4.97. The molecular formula is C10H20O4. The normalized spacial score (nSPS) is 17.4. The lowest BCUT2D eigenvalue weighted by Gasteiger charge is -2.31. The van der Waals surface area contributed by atoms with Gasteiger partial charge in [0, 0.05) is 13.0 Å². The van der Waals surface area contributed by atoms with Crippen molar-refractivity contribution in [1.82, 2.24) is 0 Å². The number of methoxy groups -OCH3 is 1. The average Bonchev–Trinajstić information content (AvgIpc) is 2.14. The SMILES string of the molecule is CCCC(O)(C(=O)O)C(CC)COC. The summed E-state index contributed by atoms with van der Waals surface area (Å²) in [6, 6.07) is 0. The lowest BCUT2D eigenvalue weighted by atomic mass is 9.82. The summed E-state index contributed by atoms with van der Waals surface area (Å²) in [4.78, 5) is 11.0. The largest absolute Gasteiger partial charge is 0.479 e. The van der Waals surface area contributed by atoms with Gasteiger partial charge < -0.3 is 14.9 Å². The molecule has 0 bridgehead atoms. The van der Waals surface area contributed by atoms with Crippen LogP contribution in [0.25, 0.3) is 0 Å². The van der Waals surface area contributed by atoms with Crippen molar-refractivity contribution in [2.45, 2.75) is 38.7 Å². The molecular weight excluding hydrogens is 184 g/mol. The fourth-order valence-corrected chi connectivity index (χ4v) is 1.66. The van der Waals surface area contributed by atoms with E-state index in [9.17, 15) is 9.90 Å². The minimum atomic E-state index is -1.64. The van der Waals surface area contributed by atoms with Crippen LogP contribution in [0.2, 0.25) is 0 Å². The summed E-state index contributed by atoms with van der Waals surface area (Å²) in [6.45, 7) is 3.99. The van der Waals surface area contributed by atoms with Gasteiger partial charge in [-0.15, -0.1) is 0 Å². The van der Waals surface area contributed by atoms with Crippen LogP contribution in [0.5, 0.6) is 0 Å². The Hall–Kier alpha value is -0.610. The number of rotatable bonds is 7. The zero-order valence-electron chi connectivity index (χ0n) is 9.12. The number of hydrogen-bond donors (Lipinski definition) is 2. The number of ether oxygens (including phenoxy) is 1. The fraction of sp³-hybridized carbons (Fsp3) is 0.900. The summed E-state index contributed by atoms with van der Waals surface area (Å²) in [5.74, 6) is -1.49. The third-order valence-electron chi connectivity index (χ3n) is 2.54. The molecule has 0 fully saturated rings. The molecule has 0 aliphatic heterocycles. The van der Waals surface area contributed by atoms with Crippen LogP contribution in [0.1, 0.15) is 33.1 Å². The standard InChI is InChI=1S/C10H20O4/c1-4-6-10(13,9(11)12)8(5-2)7-14-3/h8,13H,4-7H2,1-3H3,(H,11,12). The molecule has 0 saturated carbocycles. The summed E-state index contributed by atoms with van der Waals surface area (Å²) in [7, 11) is 1.51. The second-order valence-electron chi connectivity index (χ2n) is 3.54. The van der Waals surface area contributed by atoms with Gasteiger partial charge in [0.15, 0.2) is 5.60 Å². The van der Waals surface area contributed by atoms with Gasteiger partial charge in [-0.05, 0) is 12.8 Å². The highest BCUT2D eigenvalue weighted by molar-refractivity contribution is 5.77. The lowest BCUT2D eigenvalue weighted by molar-refractivity contribution is -0.169. The molecule has 2 N–H and O–H groups in total. The first kappa shape index (κ1) is 13.4. The summed E-state index contributed by atoms with van der Waals surface area (Å²) >= 11 is 0. The van der Waals surface area contributed by atoms with Crippen molar-refractivity contribution in [2.75, 3.05) is 13.7 Å². The zero-order valence-corrected chi connectivity index (χ0v) is 9.12. The van der Waals surface area contributed by atoms with Gasteiger partial charge >= 0.3 is 5.97 Å². The van der Waals surface area contributed by atoms with Crippen molar-refractivity contribution < 1.29 is 19.7 Å². The van der Waals surface area contributed by atoms with Gasteiger partial charge in [-0.3, -0.25) is 0 Å². The van der Waals surface area contributed by atoms with Gasteiger partial charge in [0.1, 0.15) is 0 Å². The molecule has 0 aromatic heterocycles. The van der Waals surface area contributed by atoms with Crippen molar-refractivity contribution in [3.05, 3.63) is 0 Å². The van der Waals surface area contributed by atoms with E-state index < -0.39 is 11.6 Å². The third kappa shape index (κ3) is 2.96. The highest BCUT2D eigenvalue weighted by Crippen LogP contribution is 2.26. The van der Waals surface area contributed by atoms with Crippen LogP contribution in [0.4, 0.5) is 0 Å². The molecule has 0 heterocycles. The third-order valence-corrected chi connectivity index (χ3v) is 2.54. The van der Waals surface area contributed by atoms with Gasteiger partial charge in [-0.25, -0.2) is 4.79 Å². The monoisotopic (exact) mass is 204 g/mol. The number of hydrogen-bond acceptors (Lipinski definition) is 3. The van der Waals surface area contributed by atoms with E-state index in [1.54, 1.807) is 0 Å². The molecule has 0 aromatic rings. The average molecular weight is 204 g/mol. The van der Waals surface area contributed by atoms with Crippen LogP contribution in [0.3, 0.4) is 0 Å². The first-order chi connectivity index (χ1) is 6.52. The fourth-order valence-electron chi connectivity index (χ4n) is 1.66. The van der Waals surface area contributed by atoms with Crippen molar-refractivity contribution in [2.24, 2.45) is 5.92 Å². The first-order valence-electron chi connectivity index (χ1n) is 4.97. The predicted octanol–water partition coefficient (Wildman–Crippen LogP) is 1.27. The van der Waals surface area contributed by atoms with E-state index in [2.05, 4.69) is 0 Å². The Morgan fingerprint density at radius 1 is 1.50 bits per heavy atom. The number of carboxylic acid groups (broad SMARTS) is 1. The molecule has 0 aromatic carbocycles. The summed E-state index contributed by atoms with van der Waals surface area (Å²) in [5.41, 5.74) is -1.64. The van der Waals surface area contributed by atoms with E-state index in [-0.39, 0.29) is 18.9 Å². The number of carboxylic acids is 1. The molecule has 0 radical (unpaired) electrons. The molecule has 4 nitrogen and oxygen atoms in total. The lowest BCUT2D eigenvalue weighted by Crippen LogP contribution is -2.47. The number of aliphatic hydroxyl groups is 1. The van der Waals surface area contributed by atoms with Crippen LogP contribution in [-0.4, -0.2) is 35.5 Å². The van der Waals surface area contributed by atoms with Gasteiger partial charge in [0.25, 0.3) is 0 Å². The van der Waals surface area contributed by atoms with Gasteiger partial charge in [0.2, 0.25) is 0 Å². The van der Waals surface area contributed by atoms with Crippen molar-refractivity contribution in [1.29, 1.82) is 0 Å². The zero-order chi connectivity index (χ0) is 11.2. The van der Waals surface area contributed by atoms with E-state index in [0.29, 0.717) is 12.8 Å². The van der Waals surface area contributed by atoms with E-state index in [1.165, 1.54) is 7.11 Å². The Morgan fingerprint density at radius 3 is 2.36 bits per heavy atom. The van der Waals surface area contributed by atoms with Crippen molar-refractivity contribution in [3.8, 4) is 0 Å². The molecule has 0 spiro atoms. The second kappa shape index (κ2) is 5.98. The highest BCUT2D eigenvalue weighted by Gasteiger charge is 2.42. The maximum atomic E-state index is 11.0. The van der Waals surface area contributed by atoms with Crippen LogP contribution in [0.15, 0.2) is 0 Å². The van der Waals surface area contributed by atoms with E-state index in [4.69, 9.17) is 9.84 Å². The summed E-state index contributed by atoms with van der Waals surface area (Å²) in [6.07, 6.45) is 1.50. The summed E-state index contributed by atoms with van der Waals surface area (Å²) < 4.78 is 4.91. The van der Waals surface area contributed by atoms with E-state index in [0.717, 1.165) is 0 Å². The Bertz CT molecular complexity index is 181. The summed E-state index contributed by atoms with van der Waals surface area (Å²) in [5, 5.41) is 19.0. The molecule has 0 amide bonds. The van der Waals surface area contributed by atoms with Crippen molar-refractivity contribution >= 4 is 5.97 Å². The molecule has 0 saturated heterocycles. The van der Waals surface area contributed by atoms with Crippen LogP contribution >= 0.6 is 0 Å². The molecule has 2 unspecified atom stereocenters. The Labute approximate surface area is 84.9 Å². The van der Waals surface area contributed by atoms with Crippen LogP contribution < -0.4 is 0 Å². The minimum absolute atomic E-state index is 0.268. The molecule has 4 heteroatoms. The quantitative estimate of drug-likeness (QED) is 0.655. The Morgan fingerprint density at radius 2 is 2.07 bits per heavy atom. The maximum Gasteiger partial charge on any atom is 0.336 e. The highest BCUT2D eigenvalue weighted by atomic mass is 16.5. The van der Waals surface area contributed by atoms with Gasteiger partial charge in [0.05, 0.1) is 6.61 Å². The van der Waals surface area contributed by atoms with E-state index in [1.807, 2.05) is 13.8 Å². The number of carbonyl (C=O) groups is 1. The molecule has 0 aliphatic rings. The topological polar surface area (TPSA) is 66.8 Å². The molecule has 14 heavy (non-hydrogen) atoms.